The second kappa shape index (κ2) is 8.20. The molecule has 0 radical (unpaired) electrons. The monoisotopic (exact) mass is 432 g/mol. The van der Waals surface area contributed by atoms with E-state index in [9.17, 15) is 29.5 Å². The highest BCUT2D eigenvalue weighted by Crippen LogP contribution is 2.50. The van der Waals surface area contributed by atoms with Gasteiger partial charge in [-0.3, -0.25) is 28.8 Å². The molecule has 3 rings (SSSR count). The van der Waals surface area contributed by atoms with Crippen LogP contribution in [0.1, 0.15) is 19.4 Å². The highest BCUT2D eigenvalue weighted by Gasteiger charge is 2.28. The van der Waals surface area contributed by atoms with Crippen molar-refractivity contribution in [3.05, 3.63) is 60.7 Å². The molecule has 1 aromatic heterocycles. The first kappa shape index (κ1) is 21.4. The summed E-state index contributed by atoms with van der Waals surface area (Å²) in [7, 11) is -3.81. The summed E-state index contributed by atoms with van der Waals surface area (Å²) in [4.78, 5) is 38.1. The fraction of sp³-hybridized carbons (Fsp3) is 0.278. The molecule has 0 aliphatic rings. The summed E-state index contributed by atoms with van der Waals surface area (Å²) >= 11 is 0. The van der Waals surface area contributed by atoms with Crippen LogP contribution in [0.3, 0.4) is 0 Å². The fourth-order valence-corrected chi connectivity index (χ4v) is 4.93. The van der Waals surface area contributed by atoms with Gasteiger partial charge in [0.05, 0.1) is 40.1 Å². The van der Waals surface area contributed by atoms with Crippen LogP contribution in [0, 0.1) is 21.4 Å². The maximum atomic E-state index is 13.0. The van der Waals surface area contributed by atoms with Gasteiger partial charge in [0.25, 0.3) is 5.69 Å². The molecule has 0 fully saturated rings. The van der Waals surface area contributed by atoms with E-state index >= 15 is 0 Å². The molecule has 0 aliphatic carbocycles. The van der Waals surface area contributed by atoms with Crippen molar-refractivity contribution in [3.8, 4) is 6.07 Å². The number of aromatic amines is 1. The van der Waals surface area contributed by atoms with Crippen molar-refractivity contribution < 1.29 is 18.5 Å². The molecule has 0 bridgehead atoms. The molecule has 12 heteroatoms. The average Bonchev–Trinajstić information content (AvgIpc) is 2.70. The van der Waals surface area contributed by atoms with Crippen LogP contribution in [0.15, 0.2) is 33.9 Å². The van der Waals surface area contributed by atoms with Crippen LogP contribution < -0.4 is 11.1 Å². The number of nitrogens with zero attached hydrogens (tertiary/aromatic N) is 3. The molecule has 0 saturated heterocycles. The van der Waals surface area contributed by atoms with Gasteiger partial charge in [0, 0.05) is 11.5 Å². The third-order valence-corrected chi connectivity index (χ3v) is 6.29. The van der Waals surface area contributed by atoms with E-state index in [-0.39, 0.29) is 40.6 Å². The molecule has 30 heavy (non-hydrogen) atoms. The lowest BCUT2D eigenvalue weighted by Gasteiger charge is -2.19. The number of aromatic nitrogens is 2. The first-order valence-electron chi connectivity index (χ1n) is 8.91. The Labute approximate surface area is 169 Å². The van der Waals surface area contributed by atoms with Gasteiger partial charge in [-0.05, 0) is 19.9 Å². The minimum atomic E-state index is -3.81. The highest BCUT2D eigenvalue weighted by molar-refractivity contribution is 7.52. The lowest BCUT2D eigenvalue weighted by Crippen LogP contribution is -2.36. The number of nitrogens with one attached hydrogen (secondary N) is 1. The molecule has 0 unspecified atom stereocenters. The van der Waals surface area contributed by atoms with E-state index in [0.29, 0.717) is 0 Å². The third-order valence-electron chi connectivity index (χ3n) is 4.35. The smallest absolute Gasteiger partial charge is 0.316 e. The Bertz CT molecular complexity index is 1360. The second-order valence-electron chi connectivity index (χ2n) is 6.16. The molecule has 156 valence electrons. The molecule has 11 nitrogen and oxygen atoms in total. The van der Waals surface area contributed by atoms with Crippen LogP contribution >= 0.6 is 7.60 Å². The summed E-state index contributed by atoms with van der Waals surface area (Å²) in [5.74, 6) is 0. The number of non-ortho nitro benzene ring substituents is 1. The van der Waals surface area contributed by atoms with Crippen LogP contribution in [0.2, 0.25) is 0 Å². The van der Waals surface area contributed by atoms with Crippen molar-refractivity contribution in [2.24, 2.45) is 0 Å². The van der Waals surface area contributed by atoms with E-state index < -0.39 is 35.6 Å². The van der Waals surface area contributed by atoms with Crippen molar-refractivity contribution in [1.82, 2.24) is 9.55 Å². The van der Waals surface area contributed by atoms with Crippen molar-refractivity contribution in [1.29, 1.82) is 5.26 Å². The minimum Gasteiger partial charge on any atom is -0.316 e. The Hall–Kier alpha value is -3.32. The summed E-state index contributed by atoms with van der Waals surface area (Å²) < 4.78 is 24.4. The average molecular weight is 432 g/mol. The van der Waals surface area contributed by atoms with Gasteiger partial charge in [-0.1, -0.05) is 12.1 Å². The number of benzene rings is 2. The highest BCUT2D eigenvalue weighted by atomic mass is 31.2. The standard InChI is InChI=1S/C18H17N4O7P/c1-3-28-30(27,29-4-2)10-21-16-12-7-5-6-11(9-19)15(12)14(22(25)26)8-13(16)20-17(23)18(21)24/h5-8H,3-4,10H2,1-2H3,(H,20,23). The Morgan fingerprint density at radius 3 is 2.50 bits per heavy atom. The quantitative estimate of drug-likeness (QED) is 0.196. The number of rotatable bonds is 7. The predicted molar refractivity (Wildman–Crippen MR) is 109 cm³/mol. The van der Waals surface area contributed by atoms with Gasteiger partial charge in [0.2, 0.25) is 0 Å². The zero-order valence-electron chi connectivity index (χ0n) is 16.1. The molecular formula is C18H17N4O7P. The van der Waals surface area contributed by atoms with Gasteiger partial charge in [-0.15, -0.1) is 0 Å². The van der Waals surface area contributed by atoms with Crippen LogP contribution in [0.4, 0.5) is 5.69 Å². The van der Waals surface area contributed by atoms with Crippen molar-refractivity contribution in [3.63, 3.8) is 0 Å². The summed E-state index contributed by atoms with van der Waals surface area (Å²) in [6.07, 6.45) is -0.572. The number of nitro groups is 1. The third kappa shape index (κ3) is 3.64. The normalized spacial score (nSPS) is 11.6. The summed E-state index contributed by atoms with van der Waals surface area (Å²) in [5, 5.41) is 21.2. The zero-order chi connectivity index (χ0) is 22.1. The second-order valence-corrected chi connectivity index (χ2v) is 8.19. The van der Waals surface area contributed by atoms with Crippen LogP contribution in [-0.4, -0.2) is 27.7 Å². The largest absolute Gasteiger partial charge is 0.350 e. The lowest BCUT2D eigenvalue weighted by molar-refractivity contribution is -0.383. The number of hydrogen-bond acceptors (Lipinski definition) is 8. The number of nitro benzene ring substituents is 1. The number of H-pyrrole nitrogens is 1. The van der Waals surface area contributed by atoms with Crippen molar-refractivity contribution in [2.45, 2.75) is 20.1 Å². The molecular weight excluding hydrogens is 415 g/mol. The van der Waals surface area contributed by atoms with E-state index in [1.807, 2.05) is 6.07 Å². The van der Waals surface area contributed by atoms with Gasteiger partial charge in [0.1, 0.15) is 12.4 Å². The maximum Gasteiger partial charge on any atom is 0.350 e. The van der Waals surface area contributed by atoms with Crippen molar-refractivity contribution >= 4 is 35.1 Å². The molecule has 1 N–H and O–H groups in total. The van der Waals surface area contributed by atoms with Gasteiger partial charge >= 0.3 is 18.7 Å². The van der Waals surface area contributed by atoms with E-state index in [4.69, 9.17) is 9.05 Å². The van der Waals surface area contributed by atoms with Gasteiger partial charge in [0.15, 0.2) is 0 Å². The Balaban J connectivity index is 2.51. The summed E-state index contributed by atoms with van der Waals surface area (Å²) in [6, 6.07) is 7.34. The Kier molecular flexibility index (Phi) is 5.85. The molecule has 3 aromatic rings. The van der Waals surface area contributed by atoms with Crippen LogP contribution in [0.25, 0.3) is 21.8 Å². The molecule has 1 heterocycles. The Morgan fingerprint density at radius 2 is 1.93 bits per heavy atom. The number of nitriles is 1. The molecule has 0 atom stereocenters. The molecule has 0 spiro atoms. The number of fused-ring (bicyclic) bond motifs is 3. The first-order valence-corrected chi connectivity index (χ1v) is 10.6. The van der Waals surface area contributed by atoms with Crippen molar-refractivity contribution in [2.75, 3.05) is 13.2 Å². The van der Waals surface area contributed by atoms with Gasteiger partial charge < -0.3 is 14.0 Å². The maximum absolute atomic E-state index is 13.0. The molecule has 0 aliphatic heterocycles. The topological polar surface area (TPSA) is 157 Å². The van der Waals surface area contributed by atoms with Crippen LogP contribution in [0.5, 0.6) is 0 Å². The van der Waals surface area contributed by atoms with E-state index in [0.717, 1.165) is 10.6 Å². The van der Waals surface area contributed by atoms with Gasteiger partial charge in [-0.2, -0.15) is 5.26 Å². The van der Waals surface area contributed by atoms with E-state index in [2.05, 4.69) is 4.98 Å². The minimum absolute atomic E-state index is 0.000325. The molecule has 2 aromatic carbocycles. The Morgan fingerprint density at radius 1 is 1.27 bits per heavy atom. The predicted octanol–water partition coefficient (Wildman–Crippen LogP) is 2.85. The molecule has 0 saturated carbocycles. The summed E-state index contributed by atoms with van der Waals surface area (Å²) in [5.41, 5.74) is -2.41. The van der Waals surface area contributed by atoms with Gasteiger partial charge in [-0.25, -0.2) is 0 Å². The summed E-state index contributed by atoms with van der Waals surface area (Å²) in [6.45, 7) is 3.28. The lowest BCUT2D eigenvalue weighted by atomic mass is 10.0. The van der Waals surface area contributed by atoms with E-state index in [1.54, 1.807) is 13.8 Å². The fourth-order valence-electron chi connectivity index (χ4n) is 3.29. The zero-order valence-corrected chi connectivity index (χ0v) is 17.0. The first-order chi connectivity index (χ1) is 14.3. The molecule has 0 amide bonds. The SMILES string of the molecule is CCOP(=O)(Cn1c(=O)c(=O)[nH]c2cc([N+](=O)[O-])c3c(C#N)cccc3c21)OCC. The van der Waals surface area contributed by atoms with E-state index in [1.165, 1.54) is 18.2 Å². The number of hydrogen-bond donors (Lipinski definition) is 1. The van der Waals surface area contributed by atoms with Crippen LogP contribution in [-0.2, 0) is 19.9 Å².